The van der Waals surface area contributed by atoms with Gasteiger partial charge in [0.25, 0.3) is 0 Å². The summed E-state index contributed by atoms with van der Waals surface area (Å²) in [5.41, 5.74) is 0.701. The lowest BCUT2D eigenvalue weighted by Crippen LogP contribution is -2.29. The molecule has 124 valence electrons. The molecule has 0 spiro atoms. The van der Waals surface area contributed by atoms with Crippen molar-refractivity contribution in [3.63, 3.8) is 0 Å². The van der Waals surface area contributed by atoms with Crippen LogP contribution in [0.5, 0.6) is 0 Å². The monoisotopic (exact) mass is 370 g/mol. The summed E-state index contributed by atoms with van der Waals surface area (Å²) in [6.07, 6.45) is 14.9. The van der Waals surface area contributed by atoms with E-state index in [2.05, 4.69) is 15.9 Å². The van der Waals surface area contributed by atoms with Gasteiger partial charge in [0, 0.05) is 26.2 Å². The smallest absolute Gasteiger partial charge is 0.161 e. The molecule has 2 aliphatic rings. The Labute approximate surface area is 142 Å². The van der Waals surface area contributed by atoms with Crippen molar-refractivity contribution in [2.45, 2.75) is 62.0 Å². The molecule has 0 aromatic heterocycles. The average Bonchev–Trinajstić information content (AvgIpc) is 2.55. The molecular weight excluding hydrogens is 344 g/mol. The Bertz CT molecular complexity index is 438. The third-order valence-corrected chi connectivity index (χ3v) is 5.60. The number of carbonyl (C=O) groups excluding carboxylic acids is 1. The zero-order valence-electron chi connectivity index (χ0n) is 13.6. The van der Waals surface area contributed by atoms with Crippen molar-refractivity contribution in [1.29, 1.82) is 0 Å². The molecule has 1 fully saturated rings. The van der Waals surface area contributed by atoms with Gasteiger partial charge in [0.05, 0.1) is 0 Å². The third-order valence-electron chi connectivity index (χ3n) is 4.79. The van der Waals surface area contributed by atoms with Gasteiger partial charge < -0.3 is 9.47 Å². The molecule has 2 aliphatic carbocycles. The van der Waals surface area contributed by atoms with Gasteiger partial charge in [-0.15, -0.1) is 0 Å². The van der Waals surface area contributed by atoms with E-state index in [1.807, 2.05) is 18.2 Å². The molecular formula is C18H27BrO3. The number of hydrogen-bond acceptors (Lipinski definition) is 3. The van der Waals surface area contributed by atoms with Crippen LogP contribution in [0.15, 0.2) is 23.8 Å². The summed E-state index contributed by atoms with van der Waals surface area (Å²) in [4.78, 5) is 12.6. The zero-order chi connectivity index (χ0) is 16.0. The minimum atomic E-state index is -0.684. The van der Waals surface area contributed by atoms with E-state index in [1.165, 1.54) is 38.5 Å². The predicted molar refractivity (Wildman–Crippen MR) is 92.1 cm³/mol. The van der Waals surface area contributed by atoms with Gasteiger partial charge in [-0.2, -0.15) is 0 Å². The summed E-state index contributed by atoms with van der Waals surface area (Å²) in [7, 11) is 3.25. The molecule has 0 heterocycles. The topological polar surface area (TPSA) is 35.5 Å². The van der Waals surface area contributed by atoms with Crippen molar-refractivity contribution in [3.8, 4) is 0 Å². The van der Waals surface area contributed by atoms with Gasteiger partial charge >= 0.3 is 0 Å². The van der Waals surface area contributed by atoms with Crippen LogP contribution >= 0.6 is 15.9 Å². The van der Waals surface area contributed by atoms with Crippen LogP contribution in [-0.4, -0.2) is 30.6 Å². The van der Waals surface area contributed by atoms with E-state index in [0.29, 0.717) is 12.0 Å². The van der Waals surface area contributed by atoms with Crippen molar-refractivity contribution < 1.29 is 14.3 Å². The number of Topliss-reactive ketones (excluding diaryl/α,β-unsaturated/α-hetero) is 1. The molecule has 0 aromatic rings. The molecule has 22 heavy (non-hydrogen) atoms. The van der Waals surface area contributed by atoms with Crippen molar-refractivity contribution >= 4 is 21.7 Å². The minimum Gasteiger partial charge on any atom is -0.373 e. The van der Waals surface area contributed by atoms with Gasteiger partial charge in [0.15, 0.2) is 10.3 Å². The average molecular weight is 371 g/mol. The SMILES string of the molecule is COC1C=CC(Br)(OC)C=C1C(=O)CCCC1CCCCC1. The largest absolute Gasteiger partial charge is 0.373 e. The quantitative estimate of drug-likeness (QED) is 0.486. The van der Waals surface area contributed by atoms with Crippen LogP contribution in [0.4, 0.5) is 0 Å². The Morgan fingerprint density at radius 1 is 1.32 bits per heavy atom. The Morgan fingerprint density at radius 3 is 2.68 bits per heavy atom. The first-order valence-electron chi connectivity index (χ1n) is 8.30. The van der Waals surface area contributed by atoms with Crippen molar-refractivity contribution in [1.82, 2.24) is 0 Å². The Balaban J connectivity index is 1.89. The fourth-order valence-electron chi connectivity index (χ4n) is 3.41. The highest BCUT2D eigenvalue weighted by Gasteiger charge is 2.30. The van der Waals surface area contributed by atoms with E-state index >= 15 is 0 Å². The number of rotatable bonds is 7. The highest BCUT2D eigenvalue weighted by atomic mass is 79.9. The molecule has 4 heteroatoms. The van der Waals surface area contributed by atoms with E-state index < -0.39 is 4.51 Å². The second-order valence-corrected chi connectivity index (χ2v) is 7.58. The molecule has 0 aliphatic heterocycles. The van der Waals surface area contributed by atoms with Gasteiger partial charge in [-0.1, -0.05) is 44.6 Å². The maximum absolute atomic E-state index is 12.6. The minimum absolute atomic E-state index is 0.174. The highest BCUT2D eigenvalue weighted by Crippen LogP contribution is 2.32. The van der Waals surface area contributed by atoms with E-state index in [0.717, 1.165) is 12.3 Å². The van der Waals surface area contributed by atoms with Gasteiger partial charge in [0.1, 0.15) is 6.10 Å². The van der Waals surface area contributed by atoms with Crippen LogP contribution in [0.3, 0.4) is 0 Å². The Morgan fingerprint density at radius 2 is 2.05 bits per heavy atom. The van der Waals surface area contributed by atoms with Gasteiger partial charge in [0.2, 0.25) is 0 Å². The summed E-state index contributed by atoms with van der Waals surface area (Å²) in [5, 5.41) is 0. The normalized spacial score (nSPS) is 29.4. The summed E-state index contributed by atoms with van der Waals surface area (Å²) in [5.74, 6) is 1.00. The van der Waals surface area contributed by atoms with E-state index in [-0.39, 0.29) is 11.9 Å². The number of alkyl halides is 1. The fraction of sp³-hybridized carbons (Fsp3) is 0.722. The zero-order valence-corrected chi connectivity index (χ0v) is 15.2. The molecule has 0 radical (unpaired) electrons. The first-order valence-corrected chi connectivity index (χ1v) is 9.09. The molecule has 0 bridgehead atoms. The van der Waals surface area contributed by atoms with E-state index in [9.17, 15) is 4.79 Å². The maximum atomic E-state index is 12.6. The Kier molecular flexibility index (Phi) is 6.85. The summed E-state index contributed by atoms with van der Waals surface area (Å²) in [6.45, 7) is 0. The third kappa shape index (κ3) is 4.77. The summed E-state index contributed by atoms with van der Waals surface area (Å²) < 4.78 is 10.1. The summed E-state index contributed by atoms with van der Waals surface area (Å²) >= 11 is 3.50. The standard InChI is InChI=1S/C18H27BrO3/c1-21-17-11-12-18(19,22-2)13-15(17)16(20)10-6-9-14-7-4-3-5-8-14/h11-14,17H,3-10H2,1-2H3. The first-order chi connectivity index (χ1) is 10.6. The number of carbonyl (C=O) groups is 1. The summed E-state index contributed by atoms with van der Waals surface area (Å²) in [6, 6.07) is 0. The molecule has 3 nitrogen and oxygen atoms in total. The van der Waals surface area contributed by atoms with Crippen molar-refractivity contribution in [3.05, 3.63) is 23.8 Å². The first kappa shape index (κ1) is 17.9. The highest BCUT2D eigenvalue weighted by molar-refractivity contribution is 9.10. The van der Waals surface area contributed by atoms with Crippen LogP contribution in [0.2, 0.25) is 0 Å². The van der Waals surface area contributed by atoms with E-state index in [4.69, 9.17) is 9.47 Å². The van der Waals surface area contributed by atoms with Crippen LogP contribution in [-0.2, 0) is 14.3 Å². The number of ether oxygens (including phenoxy) is 2. The van der Waals surface area contributed by atoms with Crippen molar-refractivity contribution in [2.24, 2.45) is 5.92 Å². The lowest BCUT2D eigenvalue weighted by atomic mass is 9.85. The molecule has 0 amide bonds. The number of ketones is 1. The van der Waals surface area contributed by atoms with Gasteiger partial charge in [-0.25, -0.2) is 0 Å². The van der Waals surface area contributed by atoms with Crippen LogP contribution in [0, 0.1) is 5.92 Å². The fourth-order valence-corrected chi connectivity index (χ4v) is 3.81. The molecule has 0 N–H and O–H groups in total. The van der Waals surface area contributed by atoms with Crippen molar-refractivity contribution in [2.75, 3.05) is 14.2 Å². The molecule has 2 atom stereocenters. The van der Waals surface area contributed by atoms with Crippen LogP contribution < -0.4 is 0 Å². The molecule has 1 saturated carbocycles. The lowest BCUT2D eigenvalue weighted by molar-refractivity contribution is -0.116. The molecule has 0 saturated heterocycles. The van der Waals surface area contributed by atoms with E-state index in [1.54, 1.807) is 14.2 Å². The van der Waals surface area contributed by atoms with Crippen LogP contribution in [0.25, 0.3) is 0 Å². The van der Waals surface area contributed by atoms with Crippen LogP contribution in [0.1, 0.15) is 51.4 Å². The molecule has 2 rings (SSSR count). The second kappa shape index (κ2) is 8.42. The molecule has 2 unspecified atom stereocenters. The molecule has 0 aromatic carbocycles. The lowest BCUT2D eigenvalue weighted by Gasteiger charge is -2.27. The van der Waals surface area contributed by atoms with Gasteiger partial charge in [-0.05, 0) is 40.4 Å². The maximum Gasteiger partial charge on any atom is 0.161 e. The number of hydrogen-bond donors (Lipinski definition) is 0. The second-order valence-electron chi connectivity index (χ2n) is 6.34. The number of methoxy groups -OCH3 is 2. The predicted octanol–water partition coefficient (Wildman–Crippen LogP) is 4.55. The van der Waals surface area contributed by atoms with Gasteiger partial charge in [-0.3, -0.25) is 4.79 Å². The number of halogens is 1. The Hall–Kier alpha value is -0.450.